The van der Waals surface area contributed by atoms with Gasteiger partial charge in [-0.25, -0.2) is 0 Å². The Labute approximate surface area is 74.5 Å². The minimum absolute atomic E-state index is 0.666. The van der Waals surface area contributed by atoms with E-state index in [-0.39, 0.29) is 0 Å². The first kappa shape index (κ1) is 8.40. The van der Waals surface area contributed by atoms with Crippen molar-refractivity contribution in [3.05, 3.63) is 22.2 Å². The van der Waals surface area contributed by atoms with Crippen molar-refractivity contribution in [3.8, 4) is 5.75 Å². The van der Waals surface area contributed by atoms with Gasteiger partial charge in [0.25, 0.3) is 0 Å². The standard InChI is InChI=1S/C8H10BrNO/c1-5-3-6(9)8(11-2)7(10)4-5/h3-4H,10H2,1-2H3. The summed E-state index contributed by atoms with van der Waals surface area (Å²) in [4.78, 5) is 0. The van der Waals surface area contributed by atoms with Crippen LogP contribution in [0.3, 0.4) is 0 Å². The van der Waals surface area contributed by atoms with Crippen LogP contribution in [0, 0.1) is 6.92 Å². The zero-order chi connectivity index (χ0) is 8.43. The predicted molar refractivity (Wildman–Crippen MR) is 49.8 cm³/mol. The molecule has 0 fully saturated rings. The van der Waals surface area contributed by atoms with E-state index in [1.165, 1.54) is 0 Å². The molecule has 0 saturated carbocycles. The van der Waals surface area contributed by atoms with E-state index in [0.717, 1.165) is 10.0 Å². The number of aryl methyl sites for hydroxylation is 1. The molecule has 0 aliphatic rings. The second-order valence-electron chi connectivity index (χ2n) is 2.37. The van der Waals surface area contributed by atoms with E-state index >= 15 is 0 Å². The maximum absolute atomic E-state index is 5.68. The van der Waals surface area contributed by atoms with Gasteiger partial charge in [0.1, 0.15) is 0 Å². The van der Waals surface area contributed by atoms with E-state index in [4.69, 9.17) is 10.5 Å². The molecule has 0 amide bonds. The van der Waals surface area contributed by atoms with Crippen LogP contribution in [0.2, 0.25) is 0 Å². The first-order chi connectivity index (χ1) is 5.15. The lowest BCUT2D eigenvalue weighted by Gasteiger charge is -2.07. The third kappa shape index (κ3) is 1.66. The summed E-state index contributed by atoms with van der Waals surface area (Å²) in [5.74, 6) is 0.704. The Kier molecular flexibility index (Phi) is 2.39. The molecule has 0 radical (unpaired) electrons. The first-order valence-corrected chi connectivity index (χ1v) is 4.04. The average molecular weight is 216 g/mol. The zero-order valence-electron chi connectivity index (χ0n) is 6.52. The summed E-state index contributed by atoms with van der Waals surface area (Å²) < 4.78 is 5.96. The van der Waals surface area contributed by atoms with Gasteiger partial charge in [-0.05, 0) is 40.5 Å². The highest BCUT2D eigenvalue weighted by molar-refractivity contribution is 9.10. The number of ether oxygens (including phenoxy) is 1. The smallest absolute Gasteiger partial charge is 0.155 e. The molecule has 0 saturated heterocycles. The Balaban J connectivity index is 3.25. The molecule has 1 rings (SSSR count). The number of methoxy groups -OCH3 is 1. The van der Waals surface area contributed by atoms with Crippen LogP contribution in [0.5, 0.6) is 5.75 Å². The molecule has 2 N–H and O–H groups in total. The Morgan fingerprint density at radius 1 is 1.45 bits per heavy atom. The lowest BCUT2D eigenvalue weighted by atomic mass is 10.2. The van der Waals surface area contributed by atoms with E-state index in [2.05, 4.69) is 15.9 Å². The summed E-state index contributed by atoms with van der Waals surface area (Å²) in [7, 11) is 1.60. The van der Waals surface area contributed by atoms with Gasteiger partial charge in [-0.3, -0.25) is 0 Å². The number of nitrogen functional groups attached to an aromatic ring is 1. The zero-order valence-corrected chi connectivity index (χ0v) is 8.10. The SMILES string of the molecule is COc1c(N)cc(C)cc1Br. The molecule has 0 spiro atoms. The molecule has 1 aromatic rings. The van der Waals surface area contributed by atoms with Crippen molar-refractivity contribution in [2.24, 2.45) is 0 Å². The molecule has 1 aromatic carbocycles. The Morgan fingerprint density at radius 2 is 2.09 bits per heavy atom. The molecule has 0 aromatic heterocycles. The molecule has 11 heavy (non-hydrogen) atoms. The van der Waals surface area contributed by atoms with E-state index in [1.807, 2.05) is 19.1 Å². The first-order valence-electron chi connectivity index (χ1n) is 3.24. The van der Waals surface area contributed by atoms with Crippen LogP contribution in [0.1, 0.15) is 5.56 Å². The molecular formula is C8H10BrNO. The quantitative estimate of drug-likeness (QED) is 0.731. The molecule has 0 aliphatic carbocycles. The van der Waals surface area contributed by atoms with E-state index < -0.39 is 0 Å². The van der Waals surface area contributed by atoms with Gasteiger partial charge in [-0.2, -0.15) is 0 Å². The monoisotopic (exact) mass is 215 g/mol. The maximum Gasteiger partial charge on any atom is 0.155 e. The molecule has 0 atom stereocenters. The third-order valence-electron chi connectivity index (χ3n) is 1.42. The lowest BCUT2D eigenvalue weighted by molar-refractivity contribution is 0.414. The van der Waals surface area contributed by atoms with Gasteiger partial charge >= 0.3 is 0 Å². The molecule has 0 aliphatic heterocycles. The second-order valence-corrected chi connectivity index (χ2v) is 3.22. The second kappa shape index (κ2) is 3.13. The topological polar surface area (TPSA) is 35.2 Å². The number of rotatable bonds is 1. The van der Waals surface area contributed by atoms with Gasteiger partial charge < -0.3 is 10.5 Å². The number of anilines is 1. The summed E-state index contributed by atoms with van der Waals surface area (Å²) in [6.45, 7) is 1.99. The van der Waals surface area contributed by atoms with Gasteiger partial charge in [0.05, 0.1) is 17.3 Å². The molecule has 0 unspecified atom stereocenters. The number of hydrogen-bond acceptors (Lipinski definition) is 2. The van der Waals surface area contributed by atoms with Crippen molar-refractivity contribution in [1.29, 1.82) is 0 Å². The summed E-state index contributed by atoms with van der Waals surface area (Å²) >= 11 is 3.35. The average Bonchev–Trinajstić information content (AvgIpc) is 1.85. The highest BCUT2D eigenvalue weighted by Gasteiger charge is 2.03. The molecule has 0 bridgehead atoms. The van der Waals surface area contributed by atoms with Crippen LogP contribution in [0.15, 0.2) is 16.6 Å². The van der Waals surface area contributed by atoms with Crippen LogP contribution in [-0.4, -0.2) is 7.11 Å². The van der Waals surface area contributed by atoms with Crippen molar-refractivity contribution in [3.63, 3.8) is 0 Å². The van der Waals surface area contributed by atoms with Crippen LogP contribution in [0.4, 0.5) is 5.69 Å². The third-order valence-corrected chi connectivity index (χ3v) is 2.01. The minimum atomic E-state index is 0.666. The van der Waals surface area contributed by atoms with Crippen LogP contribution in [0.25, 0.3) is 0 Å². The van der Waals surface area contributed by atoms with Crippen molar-refractivity contribution in [2.75, 3.05) is 12.8 Å². The van der Waals surface area contributed by atoms with Crippen LogP contribution >= 0.6 is 15.9 Å². The van der Waals surface area contributed by atoms with Gasteiger partial charge in [-0.1, -0.05) is 0 Å². The highest BCUT2D eigenvalue weighted by Crippen LogP contribution is 2.31. The van der Waals surface area contributed by atoms with Gasteiger partial charge in [-0.15, -0.1) is 0 Å². The molecule has 2 nitrogen and oxygen atoms in total. The summed E-state index contributed by atoms with van der Waals surface area (Å²) in [6.07, 6.45) is 0. The van der Waals surface area contributed by atoms with E-state index in [0.29, 0.717) is 11.4 Å². The van der Waals surface area contributed by atoms with Crippen molar-refractivity contribution < 1.29 is 4.74 Å². The van der Waals surface area contributed by atoms with Crippen molar-refractivity contribution >= 4 is 21.6 Å². The summed E-state index contributed by atoms with van der Waals surface area (Å²) in [5.41, 5.74) is 7.46. The van der Waals surface area contributed by atoms with E-state index in [9.17, 15) is 0 Å². The van der Waals surface area contributed by atoms with Gasteiger partial charge in [0.2, 0.25) is 0 Å². The Morgan fingerprint density at radius 3 is 2.55 bits per heavy atom. The van der Waals surface area contributed by atoms with Gasteiger partial charge in [0.15, 0.2) is 5.75 Å². The fourth-order valence-electron chi connectivity index (χ4n) is 0.971. The highest BCUT2D eigenvalue weighted by atomic mass is 79.9. The fourth-order valence-corrected chi connectivity index (χ4v) is 1.72. The Hall–Kier alpha value is -0.700. The minimum Gasteiger partial charge on any atom is -0.493 e. The number of halogens is 1. The predicted octanol–water partition coefficient (Wildman–Crippen LogP) is 2.35. The van der Waals surface area contributed by atoms with Gasteiger partial charge in [0, 0.05) is 0 Å². The van der Waals surface area contributed by atoms with E-state index in [1.54, 1.807) is 7.11 Å². The van der Waals surface area contributed by atoms with Crippen molar-refractivity contribution in [2.45, 2.75) is 6.92 Å². The maximum atomic E-state index is 5.68. The summed E-state index contributed by atoms with van der Waals surface area (Å²) in [6, 6.07) is 3.85. The number of nitrogens with two attached hydrogens (primary N) is 1. The lowest BCUT2D eigenvalue weighted by Crippen LogP contribution is -1.93. The molecule has 3 heteroatoms. The van der Waals surface area contributed by atoms with Crippen LogP contribution < -0.4 is 10.5 Å². The number of benzene rings is 1. The fraction of sp³-hybridized carbons (Fsp3) is 0.250. The Bertz CT molecular complexity index is 250. The molecule has 0 heterocycles. The van der Waals surface area contributed by atoms with Crippen LogP contribution in [-0.2, 0) is 0 Å². The molecular weight excluding hydrogens is 206 g/mol. The largest absolute Gasteiger partial charge is 0.493 e. The number of hydrogen-bond donors (Lipinski definition) is 1. The van der Waals surface area contributed by atoms with Crippen molar-refractivity contribution in [1.82, 2.24) is 0 Å². The normalized spacial score (nSPS) is 9.73. The molecule has 60 valence electrons. The summed E-state index contributed by atoms with van der Waals surface area (Å²) in [5, 5.41) is 0.